The van der Waals surface area contributed by atoms with Crippen molar-refractivity contribution in [3.8, 4) is 5.75 Å². The Hall–Kier alpha value is -3.67. The highest BCUT2D eigenvalue weighted by Gasteiger charge is 2.28. The van der Waals surface area contributed by atoms with Gasteiger partial charge in [0, 0.05) is 6.42 Å². The van der Waals surface area contributed by atoms with Crippen LogP contribution in [-0.2, 0) is 30.4 Å². The number of carbonyl (C=O) groups excluding carboxylic acids is 4. The van der Waals surface area contributed by atoms with Crippen molar-refractivity contribution in [2.45, 2.75) is 50.9 Å². The number of aliphatic carboxylic acids is 1. The van der Waals surface area contributed by atoms with E-state index < -0.39 is 60.2 Å². The highest BCUT2D eigenvalue weighted by atomic mass is 16.4. The van der Waals surface area contributed by atoms with Crippen molar-refractivity contribution in [3.05, 3.63) is 29.8 Å². The molecule has 0 spiro atoms. The van der Waals surface area contributed by atoms with Crippen LogP contribution in [0.3, 0.4) is 0 Å². The third-order valence-electron chi connectivity index (χ3n) is 4.25. The fourth-order valence-corrected chi connectivity index (χ4v) is 2.44. The number of carboxylic acid groups (broad SMARTS) is 1. The van der Waals surface area contributed by atoms with Gasteiger partial charge < -0.3 is 37.6 Å². The maximum atomic E-state index is 12.7. The molecule has 0 aliphatic heterocycles. The molecule has 12 nitrogen and oxygen atoms in total. The summed E-state index contributed by atoms with van der Waals surface area (Å²) >= 11 is 0. The van der Waals surface area contributed by atoms with Gasteiger partial charge in [-0.25, -0.2) is 0 Å². The van der Waals surface area contributed by atoms with E-state index >= 15 is 0 Å². The van der Waals surface area contributed by atoms with Gasteiger partial charge in [-0.3, -0.25) is 24.0 Å². The lowest BCUT2D eigenvalue weighted by Crippen LogP contribution is -2.56. The first kappa shape index (κ1) is 25.4. The van der Waals surface area contributed by atoms with E-state index in [4.69, 9.17) is 16.6 Å². The van der Waals surface area contributed by atoms with Crippen molar-refractivity contribution in [3.63, 3.8) is 0 Å². The molecule has 0 aromatic heterocycles. The minimum Gasteiger partial charge on any atom is -0.508 e. The number of hydrogen-bond acceptors (Lipinski definition) is 7. The monoisotopic (exact) mass is 437 g/mol. The molecule has 0 bridgehead atoms. The highest BCUT2D eigenvalue weighted by molar-refractivity contribution is 5.94. The largest absolute Gasteiger partial charge is 0.508 e. The van der Waals surface area contributed by atoms with Crippen molar-refractivity contribution in [2.75, 3.05) is 0 Å². The summed E-state index contributed by atoms with van der Waals surface area (Å²) in [5, 5.41) is 25.3. The molecule has 0 saturated heterocycles. The SMILES string of the molecule is CC(NC(=O)C(C)NC(=O)C(Cc1ccc(O)cc1)NC(=O)C(N)CC(N)=O)C(=O)O. The fourth-order valence-electron chi connectivity index (χ4n) is 2.44. The molecule has 0 aliphatic carbocycles. The van der Waals surface area contributed by atoms with E-state index in [0.29, 0.717) is 5.56 Å². The second kappa shape index (κ2) is 11.5. The molecule has 1 aromatic rings. The van der Waals surface area contributed by atoms with Gasteiger partial charge in [-0.15, -0.1) is 0 Å². The van der Waals surface area contributed by atoms with Crippen LogP contribution in [0, 0.1) is 0 Å². The van der Waals surface area contributed by atoms with Crippen LogP contribution in [0.5, 0.6) is 5.75 Å². The molecule has 9 N–H and O–H groups in total. The van der Waals surface area contributed by atoms with Gasteiger partial charge in [-0.05, 0) is 31.5 Å². The van der Waals surface area contributed by atoms with Crippen LogP contribution >= 0.6 is 0 Å². The molecular weight excluding hydrogens is 410 g/mol. The van der Waals surface area contributed by atoms with E-state index in [0.717, 1.165) is 0 Å². The number of nitrogens with two attached hydrogens (primary N) is 2. The summed E-state index contributed by atoms with van der Waals surface area (Å²) in [5.74, 6) is -4.29. The standard InChI is InChI=1S/C19H27N5O7/c1-9(16(27)23-10(2)19(30)31)22-18(29)14(7-11-3-5-12(25)6-4-11)24-17(28)13(20)8-15(21)26/h3-6,9-10,13-14,25H,7-8,20H2,1-2H3,(H2,21,26)(H,22,29)(H,23,27)(H,24,28)(H,30,31). The van der Waals surface area contributed by atoms with E-state index in [1.807, 2.05) is 0 Å². The van der Waals surface area contributed by atoms with Crippen LogP contribution in [0.1, 0.15) is 25.8 Å². The predicted molar refractivity (Wildman–Crippen MR) is 108 cm³/mol. The number of phenols is 1. The summed E-state index contributed by atoms with van der Waals surface area (Å²) in [4.78, 5) is 58.9. The molecule has 31 heavy (non-hydrogen) atoms. The van der Waals surface area contributed by atoms with Gasteiger partial charge in [0.1, 0.15) is 23.9 Å². The quantitative estimate of drug-likeness (QED) is 0.200. The second-order valence-electron chi connectivity index (χ2n) is 7.01. The van der Waals surface area contributed by atoms with Gasteiger partial charge in [0.25, 0.3) is 0 Å². The molecule has 12 heteroatoms. The Balaban J connectivity index is 2.92. The first-order valence-electron chi connectivity index (χ1n) is 9.36. The number of carboxylic acids is 1. The number of primary amides is 1. The maximum absolute atomic E-state index is 12.7. The summed E-state index contributed by atoms with van der Waals surface area (Å²) in [6.45, 7) is 2.61. The molecule has 0 saturated carbocycles. The molecule has 170 valence electrons. The van der Waals surface area contributed by atoms with Crippen LogP contribution in [-0.4, -0.2) is 64.0 Å². The zero-order valence-electron chi connectivity index (χ0n) is 17.1. The molecule has 1 aromatic carbocycles. The Morgan fingerprint density at radius 3 is 1.97 bits per heavy atom. The molecule has 4 unspecified atom stereocenters. The van der Waals surface area contributed by atoms with Crippen molar-refractivity contribution in [1.29, 1.82) is 0 Å². The lowest BCUT2D eigenvalue weighted by molar-refractivity contribution is -0.141. The van der Waals surface area contributed by atoms with Gasteiger partial charge in [0.05, 0.1) is 12.5 Å². The van der Waals surface area contributed by atoms with E-state index in [9.17, 15) is 29.1 Å². The summed E-state index contributed by atoms with van der Waals surface area (Å²) in [6.07, 6.45) is -0.438. The van der Waals surface area contributed by atoms with Gasteiger partial charge in [0.15, 0.2) is 0 Å². The lowest BCUT2D eigenvalue weighted by Gasteiger charge is -2.23. The Morgan fingerprint density at radius 1 is 0.903 bits per heavy atom. The Morgan fingerprint density at radius 2 is 1.45 bits per heavy atom. The average molecular weight is 437 g/mol. The number of aromatic hydroxyl groups is 1. The summed E-state index contributed by atoms with van der Waals surface area (Å²) in [5.41, 5.74) is 11.2. The normalized spacial score (nSPS) is 14.4. The average Bonchev–Trinajstić information content (AvgIpc) is 2.68. The number of amides is 4. The van der Waals surface area contributed by atoms with Crippen molar-refractivity contribution < 1.29 is 34.2 Å². The van der Waals surface area contributed by atoms with Crippen LogP contribution in [0.25, 0.3) is 0 Å². The molecular formula is C19H27N5O7. The predicted octanol–water partition coefficient (Wildman–Crippen LogP) is -2.28. The number of rotatable bonds is 11. The van der Waals surface area contributed by atoms with Crippen LogP contribution in [0.15, 0.2) is 24.3 Å². The van der Waals surface area contributed by atoms with Gasteiger partial charge >= 0.3 is 5.97 Å². The zero-order valence-corrected chi connectivity index (χ0v) is 17.1. The first-order valence-corrected chi connectivity index (χ1v) is 9.36. The minimum absolute atomic E-state index is 0.00936. The number of carbonyl (C=O) groups is 5. The van der Waals surface area contributed by atoms with Gasteiger partial charge in [-0.1, -0.05) is 12.1 Å². The molecule has 0 fully saturated rings. The lowest BCUT2D eigenvalue weighted by atomic mass is 10.0. The molecule has 0 heterocycles. The molecule has 0 radical (unpaired) electrons. The maximum Gasteiger partial charge on any atom is 0.325 e. The number of phenolic OH excluding ortho intramolecular Hbond substituents is 1. The van der Waals surface area contributed by atoms with Crippen LogP contribution in [0.4, 0.5) is 0 Å². The Bertz CT molecular complexity index is 827. The van der Waals surface area contributed by atoms with Gasteiger partial charge in [-0.2, -0.15) is 0 Å². The van der Waals surface area contributed by atoms with E-state index in [-0.39, 0.29) is 12.2 Å². The summed E-state index contributed by atoms with van der Waals surface area (Å²) < 4.78 is 0. The first-order chi connectivity index (χ1) is 14.4. The topological polar surface area (TPSA) is 214 Å². The third-order valence-corrected chi connectivity index (χ3v) is 4.25. The van der Waals surface area contributed by atoms with Gasteiger partial charge in [0.2, 0.25) is 23.6 Å². The second-order valence-corrected chi connectivity index (χ2v) is 7.01. The molecule has 1 rings (SSSR count). The van der Waals surface area contributed by atoms with E-state index in [1.54, 1.807) is 0 Å². The zero-order chi connectivity index (χ0) is 23.7. The number of hydrogen-bond donors (Lipinski definition) is 7. The van der Waals surface area contributed by atoms with Crippen molar-refractivity contribution >= 4 is 29.6 Å². The molecule has 4 atom stereocenters. The number of benzene rings is 1. The Kier molecular flexibility index (Phi) is 9.41. The fraction of sp³-hybridized carbons (Fsp3) is 0.421. The van der Waals surface area contributed by atoms with Crippen molar-refractivity contribution in [1.82, 2.24) is 16.0 Å². The smallest absolute Gasteiger partial charge is 0.325 e. The Labute approximate surface area is 178 Å². The summed E-state index contributed by atoms with van der Waals surface area (Å²) in [6, 6.07) is 1.15. The van der Waals surface area contributed by atoms with E-state index in [1.165, 1.54) is 38.1 Å². The minimum atomic E-state index is -1.27. The molecule has 4 amide bonds. The molecule has 0 aliphatic rings. The third kappa shape index (κ3) is 8.70. The van der Waals surface area contributed by atoms with Crippen LogP contribution in [0.2, 0.25) is 0 Å². The number of nitrogens with one attached hydrogen (secondary N) is 3. The van der Waals surface area contributed by atoms with Crippen molar-refractivity contribution in [2.24, 2.45) is 11.5 Å². The van der Waals surface area contributed by atoms with Crippen LogP contribution < -0.4 is 27.4 Å². The van der Waals surface area contributed by atoms with E-state index in [2.05, 4.69) is 16.0 Å². The highest BCUT2D eigenvalue weighted by Crippen LogP contribution is 2.12. The summed E-state index contributed by atoms with van der Waals surface area (Å²) in [7, 11) is 0.